The zero-order valence-electron chi connectivity index (χ0n) is 25.4. The third-order valence-electron chi connectivity index (χ3n) is 8.96. The molecule has 2 saturated heterocycles. The van der Waals surface area contributed by atoms with E-state index in [1.807, 2.05) is 10.6 Å². The van der Waals surface area contributed by atoms with Crippen molar-refractivity contribution in [1.29, 1.82) is 5.26 Å². The molecule has 9 nitrogen and oxygen atoms in total. The zero-order valence-corrected chi connectivity index (χ0v) is 26.1. The normalized spacial score (nSPS) is 17.8. The van der Waals surface area contributed by atoms with Gasteiger partial charge in [0.05, 0.1) is 11.2 Å². The second kappa shape index (κ2) is 12.9. The molecule has 0 bridgehead atoms. The highest BCUT2D eigenvalue weighted by molar-refractivity contribution is 6.32. The van der Waals surface area contributed by atoms with E-state index in [2.05, 4.69) is 56.8 Å². The highest BCUT2D eigenvalue weighted by Gasteiger charge is 2.42. The van der Waals surface area contributed by atoms with E-state index in [4.69, 9.17) is 16.3 Å². The summed E-state index contributed by atoms with van der Waals surface area (Å²) >= 11 is 6.22. The van der Waals surface area contributed by atoms with Crippen LogP contribution in [-0.2, 0) is 17.9 Å². The van der Waals surface area contributed by atoms with Crippen LogP contribution in [0.15, 0.2) is 61.2 Å². The van der Waals surface area contributed by atoms with Crippen LogP contribution >= 0.6 is 11.6 Å². The Balaban J connectivity index is 1.17. The fourth-order valence-corrected chi connectivity index (χ4v) is 6.76. The Morgan fingerprint density at radius 2 is 2.09 bits per heavy atom. The van der Waals surface area contributed by atoms with Crippen molar-refractivity contribution in [3.63, 3.8) is 0 Å². The molecule has 1 N–H and O–H groups in total. The summed E-state index contributed by atoms with van der Waals surface area (Å²) in [6.45, 7) is 11.9. The highest BCUT2D eigenvalue weighted by atomic mass is 35.5. The second-order valence-corrected chi connectivity index (χ2v) is 12.1. The van der Waals surface area contributed by atoms with Gasteiger partial charge in [-0.15, -0.1) is 0 Å². The van der Waals surface area contributed by atoms with Gasteiger partial charge in [0, 0.05) is 61.7 Å². The maximum absolute atomic E-state index is 13.6. The van der Waals surface area contributed by atoms with Crippen LogP contribution in [0.4, 0.5) is 10.2 Å². The van der Waals surface area contributed by atoms with Gasteiger partial charge >= 0.3 is 0 Å². The van der Waals surface area contributed by atoms with Crippen molar-refractivity contribution in [3.8, 4) is 17.6 Å². The van der Waals surface area contributed by atoms with Crippen LogP contribution < -0.4 is 15.0 Å². The maximum atomic E-state index is 13.6. The highest BCUT2D eigenvalue weighted by Crippen LogP contribution is 2.40. The Bertz CT molecular complexity index is 1820. The second-order valence-electron chi connectivity index (χ2n) is 11.7. The molecular weight excluding hydrogens is 593 g/mol. The number of likely N-dealkylation sites (tertiary alicyclic amines) is 1. The quantitative estimate of drug-likeness (QED) is 0.219. The number of hydrogen-bond donors (Lipinski definition) is 1. The molecule has 0 radical (unpaired) electrons. The SMILES string of the molecule is C=C(CCn1c(C#N)cc2c(C)c(CN3CCC4CN(c5ncncc5Oc5ccc(F)cc5Cl)CC43)ccc21)NC(=O)CC. The number of anilines is 1. The number of aryl methyl sites for hydroxylation is 2. The van der Waals surface area contributed by atoms with E-state index in [0.29, 0.717) is 60.1 Å². The molecule has 0 saturated carbocycles. The molecule has 1 amide bonds. The summed E-state index contributed by atoms with van der Waals surface area (Å²) in [5, 5.41) is 14.0. The minimum absolute atomic E-state index is 0.0615. The molecule has 2 unspecified atom stereocenters. The van der Waals surface area contributed by atoms with Crippen LogP contribution in [0.2, 0.25) is 5.02 Å². The van der Waals surface area contributed by atoms with Gasteiger partial charge in [0.1, 0.15) is 29.7 Å². The van der Waals surface area contributed by atoms with Gasteiger partial charge in [-0.05, 0) is 67.3 Å². The molecule has 2 aromatic heterocycles. The summed E-state index contributed by atoms with van der Waals surface area (Å²) in [5.74, 6) is 1.52. The number of nitriles is 1. The van der Waals surface area contributed by atoms with Crippen LogP contribution in [0, 0.1) is 30.0 Å². The number of fused-ring (bicyclic) bond motifs is 2. The van der Waals surface area contributed by atoms with Gasteiger partial charge in [0.15, 0.2) is 11.6 Å². The molecule has 2 aromatic carbocycles. The van der Waals surface area contributed by atoms with E-state index in [1.165, 1.54) is 35.7 Å². The number of carbonyl (C=O) groups is 1. The van der Waals surface area contributed by atoms with Crippen molar-refractivity contribution in [2.75, 3.05) is 24.5 Å². The van der Waals surface area contributed by atoms with Gasteiger partial charge in [-0.25, -0.2) is 14.4 Å². The van der Waals surface area contributed by atoms with E-state index in [9.17, 15) is 14.4 Å². The average Bonchev–Trinajstić information content (AvgIpc) is 3.72. The molecule has 2 atom stereocenters. The third-order valence-corrected chi connectivity index (χ3v) is 9.26. The first-order chi connectivity index (χ1) is 21.7. The number of ether oxygens (including phenoxy) is 1. The lowest BCUT2D eigenvalue weighted by Gasteiger charge is -2.26. The summed E-state index contributed by atoms with van der Waals surface area (Å²) < 4.78 is 21.6. The molecule has 4 heterocycles. The molecule has 232 valence electrons. The number of allylic oxidation sites excluding steroid dienone is 1. The van der Waals surface area contributed by atoms with Gasteiger partial charge < -0.3 is 19.5 Å². The van der Waals surface area contributed by atoms with E-state index in [1.54, 1.807) is 13.1 Å². The van der Waals surface area contributed by atoms with E-state index >= 15 is 0 Å². The van der Waals surface area contributed by atoms with Gasteiger partial charge in [-0.1, -0.05) is 31.2 Å². The van der Waals surface area contributed by atoms with Crippen molar-refractivity contribution >= 4 is 34.2 Å². The number of hydrogen-bond acceptors (Lipinski definition) is 7. The standard InChI is InChI=1S/C34H35ClFN7O2/c1-4-33(44)40-21(2)9-12-43-26(15-37)14-27-22(3)23(5-7-29(27)43)17-41-11-10-24-18-42(19-30(24)41)34-32(16-38-20-39-34)45-31-8-6-25(36)13-28(31)35/h5-8,13-14,16,20,24,30H,2,4,9-12,17-19H2,1,3H3,(H,40,44). The lowest BCUT2D eigenvalue weighted by atomic mass is 10.0. The van der Waals surface area contributed by atoms with Crippen LogP contribution in [0.1, 0.15) is 43.0 Å². The molecule has 2 aliphatic heterocycles. The van der Waals surface area contributed by atoms with Gasteiger partial charge in [-0.2, -0.15) is 5.26 Å². The number of aromatic nitrogens is 3. The Morgan fingerprint density at radius 1 is 1.24 bits per heavy atom. The lowest BCUT2D eigenvalue weighted by Crippen LogP contribution is -2.35. The number of nitrogens with one attached hydrogen (secondary N) is 1. The maximum Gasteiger partial charge on any atom is 0.223 e. The molecule has 2 aliphatic rings. The van der Waals surface area contributed by atoms with Gasteiger partial charge in [-0.3, -0.25) is 9.69 Å². The van der Waals surface area contributed by atoms with Crippen LogP contribution in [0.3, 0.4) is 0 Å². The van der Waals surface area contributed by atoms with E-state index in [-0.39, 0.29) is 10.9 Å². The lowest BCUT2D eigenvalue weighted by molar-refractivity contribution is -0.120. The number of amides is 1. The van der Waals surface area contributed by atoms with Crippen LogP contribution in [0.25, 0.3) is 10.9 Å². The van der Waals surface area contributed by atoms with Crippen molar-refractivity contribution < 1.29 is 13.9 Å². The summed E-state index contributed by atoms with van der Waals surface area (Å²) in [6.07, 6.45) is 5.16. The average molecular weight is 628 g/mol. The molecule has 0 spiro atoms. The van der Waals surface area contributed by atoms with Crippen LogP contribution in [0.5, 0.6) is 11.5 Å². The van der Waals surface area contributed by atoms with Crippen LogP contribution in [-0.4, -0.2) is 51.0 Å². The molecule has 0 aliphatic carbocycles. The molecule has 6 rings (SSSR count). The number of rotatable bonds is 10. The fourth-order valence-electron chi connectivity index (χ4n) is 6.55. The molecule has 45 heavy (non-hydrogen) atoms. The first-order valence-electron chi connectivity index (χ1n) is 15.2. The minimum Gasteiger partial charge on any atom is -0.450 e. The smallest absolute Gasteiger partial charge is 0.223 e. The Labute approximate surface area is 266 Å². The zero-order chi connectivity index (χ0) is 31.7. The van der Waals surface area contributed by atoms with Crippen molar-refractivity contribution in [1.82, 2.24) is 24.8 Å². The molecular formula is C34H35ClFN7O2. The molecule has 11 heteroatoms. The van der Waals surface area contributed by atoms with Crippen molar-refractivity contribution in [3.05, 3.63) is 88.9 Å². The minimum atomic E-state index is -0.429. The number of halogens is 2. The Hall–Kier alpha value is -4.46. The Morgan fingerprint density at radius 3 is 2.87 bits per heavy atom. The number of nitrogens with zero attached hydrogens (tertiary/aromatic N) is 6. The Kier molecular flexibility index (Phi) is 8.74. The third kappa shape index (κ3) is 6.23. The first kappa shape index (κ1) is 30.6. The van der Waals surface area contributed by atoms with Crippen molar-refractivity contribution in [2.24, 2.45) is 5.92 Å². The summed E-state index contributed by atoms with van der Waals surface area (Å²) in [5.41, 5.74) is 4.65. The summed E-state index contributed by atoms with van der Waals surface area (Å²) in [6, 6.07) is 13.0. The van der Waals surface area contributed by atoms with Crippen molar-refractivity contribution in [2.45, 2.75) is 52.2 Å². The molecule has 2 fully saturated rings. The van der Waals surface area contributed by atoms with E-state index < -0.39 is 5.82 Å². The topological polar surface area (TPSA) is 99.3 Å². The van der Waals surface area contributed by atoms with Gasteiger partial charge in [0.2, 0.25) is 5.91 Å². The summed E-state index contributed by atoms with van der Waals surface area (Å²) in [4.78, 5) is 25.2. The van der Waals surface area contributed by atoms with E-state index in [0.717, 1.165) is 43.5 Å². The largest absolute Gasteiger partial charge is 0.450 e. The summed E-state index contributed by atoms with van der Waals surface area (Å²) in [7, 11) is 0. The number of carbonyl (C=O) groups excluding carboxylic acids is 1. The fraction of sp³-hybridized carbons (Fsp3) is 0.353. The first-order valence-corrected chi connectivity index (χ1v) is 15.5. The molecule has 4 aromatic rings. The predicted octanol–water partition coefficient (Wildman–Crippen LogP) is 6.34. The number of benzene rings is 2. The van der Waals surface area contributed by atoms with Gasteiger partial charge in [0.25, 0.3) is 0 Å². The monoisotopic (exact) mass is 627 g/mol. The predicted molar refractivity (Wildman–Crippen MR) is 172 cm³/mol.